The van der Waals surface area contributed by atoms with E-state index in [0.29, 0.717) is 10.5 Å². The molecule has 10 heteroatoms. The molecule has 0 radical (unpaired) electrons. The molecule has 0 fully saturated rings. The van der Waals surface area contributed by atoms with Crippen molar-refractivity contribution in [3.05, 3.63) is 82.9 Å². The maximum Gasteiger partial charge on any atom is 0.416 e. The van der Waals surface area contributed by atoms with Gasteiger partial charge in [0.1, 0.15) is 0 Å². The number of rotatable bonds is 7. The maximum absolute atomic E-state index is 13.3. The number of hydrogen-bond donors (Lipinski definition) is 4. The van der Waals surface area contributed by atoms with Gasteiger partial charge >= 0.3 is 18.1 Å². The monoisotopic (exact) mass is 462 g/mol. The van der Waals surface area contributed by atoms with E-state index in [4.69, 9.17) is 5.73 Å². The molecule has 5 N–H and O–H groups in total. The Balaban J connectivity index is 2.10. The lowest BCUT2D eigenvalue weighted by Crippen LogP contribution is -2.08. The summed E-state index contributed by atoms with van der Waals surface area (Å²) in [5.74, 6) is -2.46. The Bertz CT molecular complexity index is 1180. The topological polar surface area (TPSA) is 113 Å². The van der Waals surface area contributed by atoms with Gasteiger partial charge in [0.05, 0.1) is 28.1 Å². The predicted molar refractivity (Wildman–Crippen MR) is 114 cm³/mol. The normalized spacial score (nSPS) is 11.2. The standard InChI is InChI=1S/C22H17F3N2O4S/c23-22(24,25)13-6-8-19(32-18-4-2-1-3-14(18)20(28)29)17(10-13)27-16-7-5-12(11-26)9-15(16)21(30)31/h1-10,27H,11,26H2,(H,28,29)(H,30,31). The average Bonchev–Trinajstić information content (AvgIpc) is 2.74. The number of halogens is 3. The third kappa shape index (κ3) is 5.21. The van der Waals surface area contributed by atoms with Gasteiger partial charge in [-0.2, -0.15) is 13.2 Å². The quantitative estimate of drug-likeness (QED) is 0.369. The van der Waals surface area contributed by atoms with Gasteiger partial charge in [-0.15, -0.1) is 0 Å². The van der Waals surface area contributed by atoms with Crippen LogP contribution < -0.4 is 11.1 Å². The number of carbonyl (C=O) groups is 2. The summed E-state index contributed by atoms with van der Waals surface area (Å²) in [6, 6.07) is 13.3. The molecule has 0 saturated heterocycles. The van der Waals surface area contributed by atoms with Gasteiger partial charge in [0.25, 0.3) is 0 Å². The molecular weight excluding hydrogens is 445 g/mol. The summed E-state index contributed by atoms with van der Waals surface area (Å²) in [7, 11) is 0. The molecule has 0 amide bonds. The fourth-order valence-corrected chi connectivity index (χ4v) is 3.90. The molecular formula is C22H17F3N2O4S. The molecule has 32 heavy (non-hydrogen) atoms. The molecule has 0 unspecified atom stereocenters. The van der Waals surface area contributed by atoms with E-state index in [-0.39, 0.29) is 33.9 Å². The number of anilines is 2. The second-order valence-electron chi connectivity index (χ2n) is 6.63. The number of hydrogen-bond acceptors (Lipinski definition) is 5. The summed E-state index contributed by atoms with van der Waals surface area (Å²) in [5.41, 5.74) is 5.03. The Morgan fingerprint density at radius 3 is 2.19 bits per heavy atom. The number of nitrogens with two attached hydrogens (primary N) is 1. The molecule has 0 spiro atoms. The van der Waals surface area contributed by atoms with Crippen molar-refractivity contribution in [1.29, 1.82) is 0 Å². The van der Waals surface area contributed by atoms with Gasteiger partial charge in [0.15, 0.2) is 0 Å². The van der Waals surface area contributed by atoms with Gasteiger partial charge < -0.3 is 21.3 Å². The third-order valence-electron chi connectivity index (χ3n) is 4.46. The van der Waals surface area contributed by atoms with E-state index in [0.717, 1.165) is 23.9 Å². The highest BCUT2D eigenvalue weighted by molar-refractivity contribution is 7.99. The van der Waals surface area contributed by atoms with Gasteiger partial charge in [-0.05, 0) is 48.0 Å². The van der Waals surface area contributed by atoms with Crippen molar-refractivity contribution in [3.63, 3.8) is 0 Å². The molecule has 0 atom stereocenters. The zero-order chi connectivity index (χ0) is 23.5. The molecule has 0 aliphatic carbocycles. The van der Waals surface area contributed by atoms with Crippen molar-refractivity contribution in [3.8, 4) is 0 Å². The van der Waals surface area contributed by atoms with Crippen molar-refractivity contribution in [2.24, 2.45) is 5.73 Å². The number of carboxylic acid groups (broad SMARTS) is 2. The summed E-state index contributed by atoms with van der Waals surface area (Å²) in [5, 5.41) is 21.7. The van der Waals surface area contributed by atoms with Crippen LogP contribution in [0.3, 0.4) is 0 Å². The van der Waals surface area contributed by atoms with E-state index in [9.17, 15) is 33.0 Å². The summed E-state index contributed by atoms with van der Waals surface area (Å²) < 4.78 is 40.0. The van der Waals surface area contributed by atoms with Crippen LogP contribution in [0.2, 0.25) is 0 Å². The van der Waals surface area contributed by atoms with Crippen LogP contribution in [0.4, 0.5) is 24.5 Å². The van der Waals surface area contributed by atoms with Crippen LogP contribution in [0.15, 0.2) is 70.5 Å². The number of alkyl halides is 3. The van der Waals surface area contributed by atoms with Crippen molar-refractivity contribution in [2.45, 2.75) is 22.5 Å². The Kier molecular flexibility index (Phi) is 6.75. The largest absolute Gasteiger partial charge is 0.478 e. The van der Waals surface area contributed by atoms with Crippen LogP contribution in [0, 0.1) is 0 Å². The molecule has 3 aromatic rings. The molecule has 3 rings (SSSR count). The summed E-state index contributed by atoms with van der Waals surface area (Å²) >= 11 is 0.952. The first-order valence-electron chi connectivity index (χ1n) is 9.15. The second kappa shape index (κ2) is 9.33. The Morgan fingerprint density at radius 1 is 0.875 bits per heavy atom. The van der Waals surface area contributed by atoms with Crippen LogP contribution in [0.5, 0.6) is 0 Å². The minimum Gasteiger partial charge on any atom is -0.478 e. The van der Waals surface area contributed by atoms with Crippen LogP contribution >= 0.6 is 11.8 Å². The number of nitrogens with one attached hydrogen (secondary N) is 1. The third-order valence-corrected chi connectivity index (χ3v) is 5.62. The molecule has 0 saturated carbocycles. The van der Waals surface area contributed by atoms with Crippen molar-refractivity contribution in [1.82, 2.24) is 0 Å². The Labute approximate surface area is 184 Å². The molecule has 6 nitrogen and oxygen atoms in total. The predicted octanol–water partition coefficient (Wildman–Crippen LogP) is 5.46. The van der Waals surface area contributed by atoms with Gasteiger partial charge in [0, 0.05) is 16.3 Å². The first kappa shape index (κ1) is 23.2. The molecule has 0 heterocycles. The summed E-state index contributed by atoms with van der Waals surface area (Å²) in [6.07, 6.45) is -4.63. The molecule has 166 valence electrons. The van der Waals surface area contributed by atoms with Crippen molar-refractivity contribution >= 4 is 35.1 Å². The lowest BCUT2D eigenvalue weighted by atomic mass is 10.1. The fourth-order valence-electron chi connectivity index (χ4n) is 2.89. The van der Waals surface area contributed by atoms with Crippen LogP contribution in [0.1, 0.15) is 31.8 Å². The van der Waals surface area contributed by atoms with Crippen LogP contribution in [-0.2, 0) is 12.7 Å². The van der Waals surface area contributed by atoms with Gasteiger partial charge in [0.2, 0.25) is 0 Å². The lowest BCUT2D eigenvalue weighted by molar-refractivity contribution is -0.137. The molecule has 0 aliphatic heterocycles. The zero-order valence-electron chi connectivity index (χ0n) is 16.3. The Hall–Kier alpha value is -3.50. The van der Waals surface area contributed by atoms with E-state index in [1.54, 1.807) is 12.1 Å². The molecule has 0 aliphatic rings. The molecule has 3 aromatic carbocycles. The van der Waals surface area contributed by atoms with E-state index in [1.165, 1.54) is 36.4 Å². The molecule has 0 bridgehead atoms. The first-order chi connectivity index (χ1) is 15.1. The summed E-state index contributed by atoms with van der Waals surface area (Å²) in [4.78, 5) is 23.8. The number of aromatic carboxylic acids is 2. The highest BCUT2D eigenvalue weighted by Crippen LogP contribution is 2.40. The van der Waals surface area contributed by atoms with Crippen molar-refractivity contribution in [2.75, 3.05) is 5.32 Å². The fraction of sp³-hybridized carbons (Fsp3) is 0.0909. The van der Waals surface area contributed by atoms with E-state index in [2.05, 4.69) is 5.32 Å². The average molecular weight is 462 g/mol. The maximum atomic E-state index is 13.3. The van der Waals surface area contributed by atoms with E-state index < -0.39 is 23.7 Å². The van der Waals surface area contributed by atoms with Crippen LogP contribution in [-0.4, -0.2) is 22.2 Å². The smallest absolute Gasteiger partial charge is 0.416 e. The highest BCUT2D eigenvalue weighted by atomic mass is 32.2. The number of benzene rings is 3. The zero-order valence-corrected chi connectivity index (χ0v) is 17.1. The van der Waals surface area contributed by atoms with E-state index >= 15 is 0 Å². The first-order valence-corrected chi connectivity index (χ1v) is 9.96. The van der Waals surface area contributed by atoms with Gasteiger partial charge in [-0.25, -0.2) is 9.59 Å². The van der Waals surface area contributed by atoms with Gasteiger partial charge in [-0.1, -0.05) is 30.0 Å². The summed E-state index contributed by atoms with van der Waals surface area (Å²) in [6.45, 7) is 0.0944. The lowest BCUT2D eigenvalue weighted by Gasteiger charge is -2.17. The molecule has 0 aromatic heterocycles. The second-order valence-corrected chi connectivity index (χ2v) is 7.71. The SMILES string of the molecule is NCc1ccc(Nc2cc(C(F)(F)F)ccc2Sc2ccccc2C(=O)O)c(C(=O)O)c1. The van der Waals surface area contributed by atoms with E-state index in [1.807, 2.05) is 0 Å². The van der Waals surface area contributed by atoms with Gasteiger partial charge in [-0.3, -0.25) is 0 Å². The van der Waals surface area contributed by atoms with Crippen LogP contribution in [0.25, 0.3) is 0 Å². The Morgan fingerprint density at radius 2 is 1.56 bits per heavy atom. The highest BCUT2D eigenvalue weighted by Gasteiger charge is 2.31. The minimum absolute atomic E-state index is 0.0122. The number of carboxylic acids is 2. The minimum atomic E-state index is -4.63. The van der Waals surface area contributed by atoms with Crippen molar-refractivity contribution < 1.29 is 33.0 Å².